The van der Waals surface area contributed by atoms with Crippen molar-refractivity contribution in [3.05, 3.63) is 48.0 Å². The number of aromatic nitrogens is 3. The molecule has 0 fully saturated rings. The molecule has 0 aliphatic carbocycles. The van der Waals surface area contributed by atoms with E-state index in [2.05, 4.69) is 35.0 Å². The van der Waals surface area contributed by atoms with Gasteiger partial charge in [0, 0.05) is 37.6 Å². The number of rotatable bonds is 7. The minimum absolute atomic E-state index is 0.183. The number of nitrogens with zero attached hydrogens (tertiary/aromatic N) is 4. The van der Waals surface area contributed by atoms with Crippen LogP contribution in [0.25, 0.3) is 0 Å². The van der Waals surface area contributed by atoms with E-state index in [4.69, 9.17) is 5.73 Å². The van der Waals surface area contributed by atoms with Gasteiger partial charge in [0.05, 0.1) is 17.9 Å². The molecule has 2 aromatic heterocycles. The first-order valence-electron chi connectivity index (χ1n) is 7.14. The first-order chi connectivity index (χ1) is 9.78. The van der Waals surface area contributed by atoms with Crippen LogP contribution >= 0.6 is 0 Å². The van der Waals surface area contributed by atoms with Crippen LogP contribution in [-0.2, 0) is 13.1 Å². The summed E-state index contributed by atoms with van der Waals surface area (Å²) in [6.07, 6.45) is 5.83. The van der Waals surface area contributed by atoms with Gasteiger partial charge in [-0.25, -0.2) is 0 Å². The second-order valence-electron chi connectivity index (χ2n) is 4.77. The fourth-order valence-electron chi connectivity index (χ4n) is 2.36. The van der Waals surface area contributed by atoms with Crippen LogP contribution in [-0.4, -0.2) is 32.8 Å². The molecule has 0 saturated heterocycles. The van der Waals surface area contributed by atoms with Gasteiger partial charge in [0.25, 0.3) is 0 Å². The first-order valence-corrected chi connectivity index (χ1v) is 7.14. The van der Waals surface area contributed by atoms with E-state index in [0.717, 1.165) is 25.3 Å². The van der Waals surface area contributed by atoms with Gasteiger partial charge in [-0.2, -0.15) is 5.10 Å². The Hall–Kier alpha value is -1.72. The quantitative estimate of drug-likeness (QED) is 0.836. The molecule has 0 spiro atoms. The maximum atomic E-state index is 5.99. The third-order valence-electron chi connectivity index (χ3n) is 3.52. The van der Waals surface area contributed by atoms with Crippen molar-refractivity contribution >= 4 is 0 Å². The second kappa shape index (κ2) is 7.17. The van der Waals surface area contributed by atoms with Crippen LogP contribution in [0.3, 0.4) is 0 Å². The number of nitrogens with two attached hydrogens (primary N) is 1. The van der Waals surface area contributed by atoms with Crippen molar-refractivity contribution < 1.29 is 0 Å². The predicted molar refractivity (Wildman–Crippen MR) is 80.0 cm³/mol. The van der Waals surface area contributed by atoms with Gasteiger partial charge in [-0.1, -0.05) is 13.0 Å². The molecule has 5 heteroatoms. The van der Waals surface area contributed by atoms with E-state index in [1.165, 1.54) is 5.56 Å². The number of hydrogen-bond acceptors (Lipinski definition) is 4. The van der Waals surface area contributed by atoms with E-state index < -0.39 is 0 Å². The lowest BCUT2D eigenvalue weighted by molar-refractivity contribution is 0.201. The molecule has 0 amide bonds. The molecule has 0 bridgehead atoms. The van der Waals surface area contributed by atoms with Crippen molar-refractivity contribution in [1.29, 1.82) is 0 Å². The van der Waals surface area contributed by atoms with Crippen LogP contribution in [0.15, 0.2) is 36.8 Å². The molecular formula is C15H23N5. The smallest absolute Gasteiger partial charge is 0.0544 e. The Morgan fingerprint density at radius 2 is 2.20 bits per heavy atom. The molecular weight excluding hydrogens is 250 g/mol. The summed E-state index contributed by atoms with van der Waals surface area (Å²) in [7, 11) is 0. The topological polar surface area (TPSA) is 60.0 Å². The fourth-order valence-corrected chi connectivity index (χ4v) is 2.36. The van der Waals surface area contributed by atoms with Crippen molar-refractivity contribution in [2.24, 2.45) is 5.73 Å². The number of pyridine rings is 1. The normalized spacial score (nSPS) is 12.8. The van der Waals surface area contributed by atoms with E-state index in [1.54, 1.807) is 0 Å². The Kier molecular flexibility index (Phi) is 5.26. The highest BCUT2D eigenvalue weighted by Crippen LogP contribution is 2.20. The maximum Gasteiger partial charge on any atom is 0.0544 e. The third kappa shape index (κ3) is 3.43. The average molecular weight is 273 g/mol. The highest BCUT2D eigenvalue weighted by molar-refractivity contribution is 5.12. The van der Waals surface area contributed by atoms with Gasteiger partial charge < -0.3 is 5.73 Å². The molecule has 2 aromatic rings. The summed E-state index contributed by atoms with van der Waals surface area (Å²) in [4.78, 5) is 6.73. The van der Waals surface area contributed by atoms with E-state index in [-0.39, 0.29) is 6.04 Å². The summed E-state index contributed by atoms with van der Waals surface area (Å²) in [5.74, 6) is 0. The van der Waals surface area contributed by atoms with E-state index in [1.807, 2.05) is 35.3 Å². The van der Waals surface area contributed by atoms with Crippen LogP contribution in [0.1, 0.15) is 31.1 Å². The number of likely N-dealkylation sites (N-methyl/N-ethyl adjacent to an activating group) is 1. The van der Waals surface area contributed by atoms with Gasteiger partial charge in [-0.05, 0) is 25.6 Å². The molecule has 20 heavy (non-hydrogen) atoms. The minimum atomic E-state index is 0.183. The summed E-state index contributed by atoms with van der Waals surface area (Å²) < 4.78 is 1.94. The van der Waals surface area contributed by atoms with Gasteiger partial charge in [0.15, 0.2) is 0 Å². The zero-order chi connectivity index (χ0) is 14.4. The lowest BCUT2D eigenvalue weighted by atomic mass is 10.1. The van der Waals surface area contributed by atoms with Crippen molar-refractivity contribution in [3.8, 4) is 0 Å². The van der Waals surface area contributed by atoms with Crippen molar-refractivity contribution in [1.82, 2.24) is 19.7 Å². The molecule has 2 rings (SSSR count). The first kappa shape index (κ1) is 14.7. The fraction of sp³-hybridized carbons (Fsp3) is 0.467. The average Bonchev–Trinajstić information content (AvgIpc) is 2.97. The van der Waals surface area contributed by atoms with Gasteiger partial charge in [0.2, 0.25) is 0 Å². The molecule has 1 unspecified atom stereocenters. The lowest BCUT2D eigenvalue weighted by Gasteiger charge is -2.28. The molecule has 0 aliphatic rings. The Balaban J connectivity index is 2.14. The summed E-state index contributed by atoms with van der Waals surface area (Å²) in [5.41, 5.74) is 8.23. The highest BCUT2D eigenvalue weighted by Gasteiger charge is 2.19. The van der Waals surface area contributed by atoms with Crippen LogP contribution in [0, 0.1) is 0 Å². The van der Waals surface area contributed by atoms with Crippen LogP contribution < -0.4 is 5.73 Å². The molecule has 2 heterocycles. The van der Waals surface area contributed by atoms with Gasteiger partial charge >= 0.3 is 0 Å². The van der Waals surface area contributed by atoms with Gasteiger partial charge in [0.1, 0.15) is 0 Å². The minimum Gasteiger partial charge on any atom is -0.329 e. The third-order valence-corrected chi connectivity index (χ3v) is 3.52. The molecule has 0 radical (unpaired) electrons. The van der Waals surface area contributed by atoms with E-state index in [9.17, 15) is 0 Å². The Labute approximate surface area is 120 Å². The molecule has 1 atom stereocenters. The molecule has 5 nitrogen and oxygen atoms in total. The Morgan fingerprint density at radius 3 is 2.75 bits per heavy atom. The van der Waals surface area contributed by atoms with Crippen LogP contribution in [0.2, 0.25) is 0 Å². The summed E-state index contributed by atoms with van der Waals surface area (Å²) in [6.45, 7) is 7.42. The zero-order valence-corrected chi connectivity index (χ0v) is 12.2. The van der Waals surface area contributed by atoms with Crippen molar-refractivity contribution in [3.63, 3.8) is 0 Å². The molecule has 0 aromatic carbocycles. The van der Waals surface area contributed by atoms with Crippen molar-refractivity contribution in [2.75, 3.05) is 13.1 Å². The largest absolute Gasteiger partial charge is 0.329 e. The van der Waals surface area contributed by atoms with Crippen molar-refractivity contribution in [2.45, 2.75) is 33.0 Å². The number of hydrogen-bond donors (Lipinski definition) is 1. The summed E-state index contributed by atoms with van der Waals surface area (Å²) in [5, 5.41) is 4.35. The summed E-state index contributed by atoms with van der Waals surface area (Å²) >= 11 is 0. The number of aryl methyl sites for hydroxylation is 1. The Bertz CT molecular complexity index is 508. The lowest BCUT2D eigenvalue weighted by Crippen LogP contribution is -2.33. The zero-order valence-electron chi connectivity index (χ0n) is 12.2. The Morgan fingerprint density at radius 1 is 1.35 bits per heavy atom. The van der Waals surface area contributed by atoms with E-state index in [0.29, 0.717) is 6.54 Å². The monoisotopic (exact) mass is 273 g/mol. The van der Waals surface area contributed by atoms with E-state index >= 15 is 0 Å². The molecule has 2 N–H and O–H groups in total. The van der Waals surface area contributed by atoms with Gasteiger partial charge in [-0.3, -0.25) is 14.6 Å². The maximum absolute atomic E-state index is 5.99. The highest BCUT2D eigenvalue weighted by atomic mass is 15.3. The SMILES string of the molecule is CCN(Cc1ccccn1)C(CN)c1cnn(CC)c1. The summed E-state index contributed by atoms with van der Waals surface area (Å²) in [6, 6.07) is 6.18. The standard InChI is InChI=1S/C15H23N5/c1-3-19(12-14-7-5-6-8-17-14)15(9-16)13-10-18-20(4-2)11-13/h5-8,10-11,15H,3-4,9,12,16H2,1-2H3. The second-order valence-corrected chi connectivity index (χ2v) is 4.77. The van der Waals surface area contributed by atoms with Crippen LogP contribution in [0.4, 0.5) is 0 Å². The molecule has 0 saturated carbocycles. The van der Waals surface area contributed by atoms with Gasteiger partial charge in [-0.15, -0.1) is 0 Å². The van der Waals surface area contributed by atoms with Crippen LogP contribution in [0.5, 0.6) is 0 Å². The molecule has 0 aliphatic heterocycles. The predicted octanol–water partition coefficient (Wildman–Crippen LogP) is 1.82. The molecule has 108 valence electrons.